The molecule has 0 aromatic heterocycles. The van der Waals surface area contributed by atoms with Gasteiger partial charge in [0.15, 0.2) is 0 Å². The molecule has 1 atom stereocenters. The summed E-state index contributed by atoms with van der Waals surface area (Å²) < 4.78 is 0. The molecule has 0 aromatic carbocycles. The second kappa shape index (κ2) is 9.33. The summed E-state index contributed by atoms with van der Waals surface area (Å²) in [6.07, 6.45) is 5.22. The number of rotatable bonds is 8. The van der Waals surface area contributed by atoms with E-state index in [1.165, 1.54) is 6.92 Å². The third kappa shape index (κ3) is 8.40. The average molecular weight is 248 g/mol. The Kier molecular flexibility index (Phi) is 8.80. The molecule has 5 nitrogen and oxygen atoms in total. The van der Waals surface area contributed by atoms with E-state index in [2.05, 4.69) is 16.9 Å². The maximum absolute atomic E-state index is 11.2. The maximum Gasteiger partial charge on any atom is 0.325 e. The molecular formula is C10H20N2O3S. The van der Waals surface area contributed by atoms with E-state index < -0.39 is 18.0 Å². The summed E-state index contributed by atoms with van der Waals surface area (Å²) in [5.74, 6) is 0.109. The Labute approximate surface area is 100 Å². The Morgan fingerprint density at radius 2 is 2.00 bits per heavy atom. The first-order valence-electron chi connectivity index (χ1n) is 5.34. The van der Waals surface area contributed by atoms with Gasteiger partial charge in [-0.25, -0.2) is 4.79 Å². The lowest BCUT2D eigenvalue weighted by Gasteiger charge is -2.10. The van der Waals surface area contributed by atoms with E-state index in [4.69, 9.17) is 5.11 Å². The molecule has 0 fully saturated rings. The van der Waals surface area contributed by atoms with Crippen molar-refractivity contribution in [3.8, 4) is 0 Å². The second-order valence-corrected chi connectivity index (χ2v) is 4.50. The normalized spacial score (nSPS) is 11.9. The number of nitrogens with one attached hydrogen (secondary N) is 2. The molecule has 6 heteroatoms. The number of carbonyl (C=O) groups is 2. The topological polar surface area (TPSA) is 78.4 Å². The number of carboxylic acids is 1. The highest BCUT2D eigenvalue weighted by Crippen LogP contribution is 2.01. The van der Waals surface area contributed by atoms with Crippen LogP contribution in [-0.4, -0.2) is 41.7 Å². The van der Waals surface area contributed by atoms with Crippen LogP contribution in [0.15, 0.2) is 0 Å². The zero-order valence-corrected chi connectivity index (χ0v) is 10.6. The lowest BCUT2D eigenvalue weighted by molar-refractivity contribution is -0.138. The first-order valence-corrected chi connectivity index (χ1v) is 6.73. The minimum Gasteiger partial charge on any atom is -0.480 e. The third-order valence-electron chi connectivity index (χ3n) is 2.03. The molecule has 0 aromatic rings. The van der Waals surface area contributed by atoms with Gasteiger partial charge in [0.05, 0.1) is 0 Å². The molecule has 3 N–H and O–H groups in total. The van der Waals surface area contributed by atoms with Gasteiger partial charge < -0.3 is 15.7 Å². The molecule has 2 amide bonds. The summed E-state index contributed by atoms with van der Waals surface area (Å²) in [7, 11) is 0. The minimum absolute atomic E-state index is 0.417. The van der Waals surface area contributed by atoms with Crippen molar-refractivity contribution in [3.63, 3.8) is 0 Å². The lowest BCUT2D eigenvalue weighted by Crippen LogP contribution is -2.44. The van der Waals surface area contributed by atoms with E-state index in [1.807, 2.05) is 11.8 Å². The van der Waals surface area contributed by atoms with Crippen molar-refractivity contribution in [2.45, 2.75) is 32.2 Å². The molecule has 0 radical (unpaired) electrons. The smallest absolute Gasteiger partial charge is 0.325 e. The molecule has 0 aliphatic rings. The van der Waals surface area contributed by atoms with Gasteiger partial charge in [-0.15, -0.1) is 0 Å². The Bertz CT molecular complexity index is 224. The van der Waals surface area contributed by atoms with Gasteiger partial charge in [-0.3, -0.25) is 4.79 Å². The Balaban J connectivity index is 3.40. The second-order valence-electron chi connectivity index (χ2n) is 3.51. The van der Waals surface area contributed by atoms with Crippen molar-refractivity contribution in [1.29, 1.82) is 0 Å². The molecule has 0 spiro atoms. The molecule has 0 heterocycles. The number of carbonyl (C=O) groups excluding carboxylic acids is 1. The first kappa shape index (κ1) is 15.1. The van der Waals surface area contributed by atoms with E-state index in [0.717, 1.165) is 25.0 Å². The standard InChI is InChI=1S/C10H20N2O3S/c1-8(9(13)14)12-10(15)11-6-4-3-5-7-16-2/h8H,3-7H2,1-2H3,(H,13,14)(H2,11,12,15)/t8-/m0/s1. The van der Waals surface area contributed by atoms with E-state index in [-0.39, 0.29) is 0 Å². The fourth-order valence-electron chi connectivity index (χ4n) is 1.06. The molecule has 94 valence electrons. The summed E-state index contributed by atoms with van der Waals surface area (Å²) in [6.45, 7) is 2.02. The van der Waals surface area contributed by atoms with Gasteiger partial charge in [0.25, 0.3) is 0 Å². The predicted molar refractivity (Wildman–Crippen MR) is 65.9 cm³/mol. The minimum atomic E-state index is -1.03. The fraction of sp³-hybridized carbons (Fsp3) is 0.800. The van der Waals surface area contributed by atoms with Crippen LogP contribution in [0.1, 0.15) is 26.2 Å². The summed E-state index contributed by atoms with van der Waals surface area (Å²) in [6, 6.07) is -1.27. The number of hydrogen-bond acceptors (Lipinski definition) is 3. The van der Waals surface area contributed by atoms with Crippen LogP contribution >= 0.6 is 11.8 Å². The van der Waals surface area contributed by atoms with Gasteiger partial charge in [-0.2, -0.15) is 11.8 Å². The molecular weight excluding hydrogens is 228 g/mol. The van der Waals surface area contributed by atoms with Crippen LogP contribution in [0.4, 0.5) is 4.79 Å². The maximum atomic E-state index is 11.2. The van der Waals surface area contributed by atoms with Crippen molar-refractivity contribution in [2.75, 3.05) is 18.6 Å². The van der Waals surface area contributed by atoms with Crippen molar-refractivity contribution < 1.29 is 14.7 Å². The summed E-state index contributed by atoms with van der Waals surface area (Å²) in [4.78, 5) is 21.6. The highest BCUT2D eigenvalue weighted by molar-refractivity contribution is 7.98. The number of amides is 2. The quantitative estimate of drug-likeness (QED) is 0.566. The number of aliphatic carboxylic acids is 1. The third-order valence-corrected chi connectivity index (χ3v) is 2.73. The number of carboxylic acid groups (broad SMARTS) is 1. The van der Waals surface area contributed by atoms with E-state index in [0.29, 0.717) is 6.54 Å². The van der Waals surface area contributed by atoms with Gasteiger partial charge >= 0.3 is 12.0 Å². The van der Waals surface area contributed by atoms with Gasteiger partial charge in [-0.1, -0.05) is 6.42 Å². The molecule has 0 rings (SSSR count). The average Bonchev–Trinajstić information content (AvgIpc) is 2.23. The van der Waals surface area contributed by atoms with Crippen LogP contribution in [0.5, 0.6) is 0 Å². The molecule has 0 unspecified atom stereocenters. The first-order chi connectivity index (χ1) is 7.57. The molecule has 0 saturated heterocycles. The molecule has 0 aliphatic heterocycles. The monoisotopic (exact) mass is 248 g/mol. The van der Waals surface area contributed by atoms with Crippen LogP contribution in [0.25, 0.3) is 0 Å². The molecule has 0 saturated carbocycles. The summed E-state index contributed by atoms with van der Waals surface area (Å²) in [5, 5.41) is 13.5. The molecule has 0 bridgehead atoms. The van der Waals surface area contributed by atoms with Crippen LogP contribution in [0.3, 0.4) is 0 Å². The number of thioether (sulfide) groups is 1. The largest absolute Gasteiger partial charge is 0.480 e. The Morgan fingerprint density at radius 3 is 2.56 bits per heavy atom. The van der Waals surface area contributed by atoms with Crippen LogP contribution < -0.4 is 10.6 Å². The summed E-state index contributed by atoms with van der Waals surface area (Å²) >= 11 is 1.81. The van der Waals surface area contributed by atoms with Crippen LogP contribution in [0, 0.1) is 0 Å². The van der Waals surface area contributed by atoms with Crippen LogP contribution in [0.2, 0.25) is 0 Å². The number of unbranched alkanes of at least 4 members (excludes halogenated alkanes) is 2. The van der Waals surface area contributed by atoms with Gasteiger partial charge in [-0.05, 0) is 31.8 Å². The summed E-state index contributed by atoms with van der Waals surface area (Å²) in [5.41, 5.74) is 0. The Hall–Kier alpha value is -0.910. The van der Waals surface area contributed by atoms with Gasteiger partial charge in [0, 0.05) is 6.54 Å². The van der Waals surface area contributed by atoms with Crippen molar-refractivity contribution in [1.82, 2.24) is 10.6 Å². The predicted octanol–water partition coefficient (Wildman–Crippen LogP) is 1.29. The van der Waals surface area contributed by atoms with Crippen LogP contribution in [-0.2, 0) is 4.79 Å². The van der Waals surface area contributed by atoms with Crippen molar-refractivity contribution in [2.24, 2.45) is 0 Å². The Morgan fingerprint density at radius 1 is 1.31 bits per heavy atom. The van der Waals surface area contributed by atoms with Crippen molar-refractivity contribution in [3.05, 3.63) is 0 Å². The van der Waals surface area contributed by atoms with E-state index >= 15 is 0 Å². The SMILES string of the molecule is CSCCCCCNC(=O)N[C@@H](C)C(=O)O. The number of urea groups is 1. The number of hydrogen-bond donors (Lipinski definition) is 3. The molecule has 0 aliphatic carbocycles. The zero-order chi connectivity index (χ0) is 12.4. The molecule has 16 heavy (non-hydrogen) atoms. The zero-order valence-electron chi connectivity index (χ0n) is 9.78. The lowest BCUT2D eigenvalue weighted by atomic mass is 10.2. The van der Waals surface area contributed by atoms with Gasteiger partial charge in [0.1, 0.15) is 6.04 Å². The van der Waals surface area contributed by atoms with E-state index in [1.54, 1.807) is 0 Å². The highest BCUT2D eigenvalue weighted by Gasteiger charge is 2.12. The highest BCUT2D eigenvalue weighted by atomic mass is 32.2. The van der Waals surface area contributed by atoms with E-state index in [9.17, 15) is 9.59 Å². The fourth-order valence-corrected chi connectivity index (χ4v) is 1.55. The van der Waals surface area contributed by atoms with Crippen molar-refractivity contribution >= 4 is 23.8 Å². The van der Waals surface area contributed by atoms with Gasteiger partial charge in [0.2, 0.25) is 0 Å².